The minimum absolute atomic E-state index is 0.668. The Morgan fingerprint density at radius 2 is 1.15 bits per heavy atom. The van der Waals surface area contributed by atoms with Crippen LogP contribution in [0.4, 0.5) is 0 Å². The molecule has 0 atom stereocenters. The third kappa shape index (κ3) is 3.98. The second kappa shape index (κ2) is 8.62. The van der Waals surface area contributed by atoms with E-state index >= 15 is 0 Å². The van der Waals surface area contributed by atoms with Crippen molar-refractivity contribution in [3.8, 4) is 33.9 Å². The molecule has 26 heavy (non-hydrogen) atoms. The van der Waals surface area contributed by atoms with Gasteiger partial charge in [-0.15, -0.1) is 0 Å². The van der Waals surface area contributed by atoms with E-state index in [2.05, 4.69) is 32.1 Å². The van der Waals surface area contributed by atoms with Crippen molar-refractivity contribution in [2.45, 2.75) is 13.8 Å². The third-order valence-corrected chi connectivity index (χ3v) is 3.74. The Hall–Kier alpha value is -3.40. The Balaban J connectivity index is 0.000000948. The van der Waals surface area contributed by atoms with Crippen LogP contribution in [0.15, 0.2) is 85.5 Å². The number of pyridine rings is 1. The minimum atomic E-state index is 0.668. The number of aromatic nitrogens is 4. The first-order valence-corrected chi connectivity index (χ1v) is 8.65. The van der Waals surface area contributed by atoms with E-state index in [1.165, 1.54) is 0 Å². The van der Waals surface area contributed by atoms with Crippen molar-refractivity contribution in [3.05, 3.63) is 85.5 Å². The van der Waals surface area contributed by atoms with Gasteiger partial charge in [0, 0.05) is 23.5 Å². The highest BCUT2D eigenvalue weighted by Gasteiger charge is 2.06. The predicted molar refractivity (Wildman–Crippen MR) is 105 cm³/mol. The predicted octanol–water partition coefficient (Wildman–Crippen LogP) is 5.29. The van der Waals surface area contributed by atoms with Gasteiger partial charge in [-0.05, 0) is 17.2 Å². The summed E-state index contributed by atoms with van der Waals surface area (Å²) < 4.78 is 0. The van der Waals surface area contributed by atoms with Crippen molar-refractivity contribution in [2.24, 2.45) is 0 Å². The Labute approximate surface area is 153 Å². The van der Waals surface area contributed by atoms with Gasteiger partial charge in [-0.2, -0.15) is 0 Å². The highest BCUT2D eigenvalue weighted by molar-refractivity contribution is 5.67. The molecule has 4 rings (SSSR count). The summed E-state index contributed by atoms with van der Waals surface area (Å²) in [6.07, 6.45) is 5.18. The average molecular weight is 340 g/mol. The summed E-state index contributed by atoms with van der Waals surface area (Å²) in [4.78, 5) is 17.3. The van der Waals surface area contributed by atoms with Gasteiger partial charge in [0.25, 0.3) is 0 Å². The van der Waals surface area contributed by atoms with Crippen molar-refractivity contribution < 1.29 is 0 Å². The largest absolute Gasteiger partial charge is 0.264 e. The van der Waals surface area contributed by atoms with Crippen LogP contribution in [0.3, 0.4) is 0 Å². The molecule has 128 valence electrons. The lowest BCUT2D eigenvalue weighted by molar-refractivity contribution is 1.07. The SMILES string of the molecule is CC.c1ccc(-c2ncnc(-c3ccc(-c4cccnc4)cc3)n2)cc1. The molecular weight excluding hydrogens is 320 g/mol. The van der Waals surface area contributed by atoms with Crippen molar-refractivity contribution in [1.82, 2.24) is 19.9 Å². The van der Waals surface area contributed by atoms with Gasteiger partial charge in [0.15, 0.2) is 11.6 Å². The highest BCUT2D eigenvalue weighted by atomic mass is 15.0. The molecule has 0 amide bonds. The smallest absolute Gasteiger partial charge is 0.163 e. The molecule has 0 fully saturated rings. The molecule has 2 aromatic carbocycles. The average Bonchev–Trinajstić information content (AvgIpc) is 2.77. The van der Waals surface area contributed by atoms with Crippen molar-refractivity contribution >= 4 is 0 Å². The lowest BCUT2D eigenvalue weighted by atomic mass is 10.1. The molecule has 0 radical (unpaired) electrons. The first kappa shape index (κ1) is 17.4. The summed E-state index contributed by atoms with van der Waals surface area (Å²) >= 11 is 0. The maximum Gasteiger partial charge on any atom is 0.163 e. The molecule has 0 saturated heterocycles. The minimum Gasteiger partial charge on any atom is -0.264 e. The molecule has 0 aliphatic rings. The van der Waals surface area contributed by atoms with E-state index in [9.17, 15) is 0 Å². The maximum absolute atomic E-state index is 4.58. The zero-order chi connectivity index (χ0) is 18.2. The first-order chi connectivity index (χ1) is 12.9. The van der Waals surface area contributed by atoms with E-state index < -0.39 is 0 Å². The zero-order valence-electron chi connectivity index (χ0n) is 14.9. The van der Waals surface area contributed by atoms with E-state index in [1.54, 1.807) is 12.5 Å². The molecule has 0 aliphatic heterocycles. The van der Waals surface area contributed by atoms with Gasteiger partial charge < -0.3 is 0 Å². The summed E-state index contributed by atoms with van der Waals surface area (Å²) in [6, 6.07) is 22.0. The van der Waals surface area contributed by atoms with Crippen LogP contribution in [0, 0.1) is 0 Å². The number of rotatable bonds is 3. The fourth-order valence-electron chi connectivity index (χ4n) is 2.51. The molecule has 4 heteroatoms. The van der Waals surface area contributed by atoms with Crippen LogP contribution < -0.4 is 0 Å². The van der Waals surface area contributed by atoms with Crippen LogP contribution in [0.25, 0.3) is 33.9 Å². The molecule has 0 spiro atoms. The summed E-state index contributed by atoms with van der Waals surface area (Å²) in [7, 11) is 0. The van der Waals surface area contributed by atoms with Crippen molar-refractivity contribution in [2.75, 3.05) is 0 Å². The lowest BCUT2D eigenvalue weighted by Crippen LogP contribution is -1.95. The van der Waals surface area contributed by atoms with Gasteiger partial charge >= 0.3 is 0 Å². The summed E-state index contributed by atoms with van der Waals surface area (Å²) in [5.74, 6) is 1.35. The normalized spacial score (nSPS) is 9.92. The van der Waals surface area contributed by atoms with Gasteiger partial charge in [0.2, 0.25) is 0 Å². The number of benzene rings is 2. The zero-order valence-corrected chi connectivity index (χ0v) is 14.9. The third-order valence-electron chi connectivity index (χ3n) is 3.74. The molecule has 0 N–H and O–H groups in total. The van der Waals surface area contributed by atoms with Crippen molar-refractivity contribution in [1.29, 1.82) is 0 Å². The summed E-state index contributed by atoms with van der Waals surface area (Å²) in [5.41, 5.74) is 4.14. The summed E-state index contributed by atoms with van der Waals surface area (Å²) in [6.45, 7) is 4.00. The van der Waals surface area contributed by atoms with Gasteiger partial charge in [-0.1, -0.05) is 74.5 Å². The number of hydrogen-bond donors (Lipinski definition) is 0. The Morgan fingerprint density at radius 3 is 1.77 bits per heavy atom. The Bertz CT molecular complexity index is 936. The van der Waals surface area contributed by atoms with E-state index in [0.29, 0.717) is 11.6 Å². The number of nitrogens with zero attached hydrogens (tertiary/aromatic N) is 4. The van der Waals surface area contributed by atoms with Gasteiger partial charge in [0.05, 0.1) is 0 Å². The van der Waals surface area contributed by atoms with E-state index in [1.807, 2.05) is 74.6 Å². The first-order valence-electron chi connectivity index (χ1n) is 8.65. The van der Waals surface area contributed by atoms with Crippen LogP contribution in [-0.2, 0) is 0 Å². The second-order valence-electron chi connectivity index (χ2n) is 5.32. The monoisotopic (exact) mass is 340 g/mol. The molecule has 0 aliphatic carbocycles. The molecule has 2 heterocycles. The molecule has 4 nitrogen and oxygen atoms in total. The Kier molecular flexibility index (Phi) is 5.78. The molecule has 0 saturated carbocycles. The van der Waals surface area contributed by atoms with Crippen LogP contribution in [0.5, 0.6) is 0 Å². The standard InChI is InChI=1S/C20H14N4.C2H6/c1-2-5-16(6-3-1)19-22-14-23-20(24-19)17-10-8-15(9-11-17)18-7-4-12-21-13-18;1-2/h1-14H;1-2H3. The Morgan fingerprint density at radius 1 is 0.577 bits per heavy atom. The quantitative estimate of drug-likeness (QED) is 0.508. The van der Waals surface area contributed by atoms with Crippen LogP contribution in [-0.4, -0.2) is 19.9 Å². The van der Waals surface area contributed by atoms with Gasteiger partial charge in [-0.3, -0.25) is 4.98 Å². The van der Waals surface area contributed by atoms with E-state index in [-0.39, 0.29) is 0 Å². The second-order valence-corrected chi connectivity index (χ2v) is 5.32. The highest BCUT2D eigenvalue weighted by Crippen LogP contribution is 2.23. The molecule has 0 unspecified atom stereocenters. The fourth-order valence-corrected chi connectivity index (χ4v) is 2.51. The molecule has 4 aromatic rings. The van der Waals surface area contributed by atoms with Crippen LogP contribution in [0.1, 0.15) is 13.8 Å². The van der Waals surface area contributed by atoms with Crippen molar-refractivity contribution in [3.63, 3.8) is 0 Å². The van der Waals surface area contributed by atoms with E-state index in [0.717, 1.165) is 22.3 Å². The topological polar surface area (TPSA) is 51.6 Å². The maximum atomic E-state index is 4.58. The van der Waals surface area contributed by atoms with Gasteiger partial charge in [-0.25, -0.2) is 15.0 Å². The number of hydrogen-bond acceptors (Lipinski definition) is 4. The molecular formula is C22H20N4. The van der Waals surface area contributed by atoms with E-state index in [4.69, 9.17) is 0 Å². The fraction of sp³-hybridized carbons (Fsp3) is 0.0909. The molecule has 2 aromatic heterocycles. The lowest BCUT2D eigenvalue weighted by Gasteiger charge is -2.05. The van der Waals surface area contributed by atoms with Crippen LogP contribution in [0.2, 0.25) is 0 Å². The molecule has 0 bridgehead atoms. The van der Waals surface area contributed by atoms with Crippen LogP contribution >= 0.6 is 0 Å². The van der Waals surface area contributed by atoms with Gasteiger partial charge in [0.1, 0.15) is 6.33 Å². The summed E-state index contributed by atoms with van der Waals surface area (Å²) in [5, 5.41) is 0.